The van der Waals surface area contributed by atoms with Crippen molar-refractivity contribution in [1.29, 1.82) is 0 Å². The number of hydrogen-bond donors (Lipinski definition) is 2. The average Bonchev–Trinajstić information content (AvgIpc) is 3.52. The average molecular weight is 512 g/mol. The molecule has 0 saturated carbocycles. The Hall–Kier alpha value is -2.28. The number of aryl methyl sites for hydroxylation is 1. The number of nitrogens with zero attached hydrogens (tertiary/aromatic N) is 1. The van der Waals surface area contributed by atoms with Crippen molar-refractivity contribution in [2.24, 2.45) is 5.92 Å². The summed E-state index contributed by atoms with van der Waals surface area (Å²) in [5, 5.41) is 7.17. The van der Waals surface area contributed by atoms with Gasteiger partial charge >= 0.3 is 6.09 Å². The third kappa shape index (κ3) is 4.98. The Morgan fingerprint density at radius 3 is 2.79 bits per heavy atom. The van der Waals surface area contributed by atoms with Crippen LogP contribution in [0.15, 0.2) is 21.7 Å². The van der Waals surface area contributed by atoms with Crippen molar-refractivity contribution in [3.63, 3.8) is 0 Å². The summed E-state index contributed by atoms with van der Waals surface area (Å²) in [5.41, 5.74) is 1.15. The van der Waals surface area contributed by atoms with Crippen LogP contribution >= 0.6 is 22.7 Å². The normalized spacial score (nSPS) is 18.5. The molecule has 1 fully saturated rings. The van der Waals surface area contributed by atoms with E-state index in [1.807, 2.05) is 0 Å². The van der Waals surface area contributed by atoms with Gasteiger partial charge in [-0.2, -0.15) is 4.31 Å². The lowest BCUT2D eigenvalue weighted by Gasteiger charge is -2.30. The standard InChI is InChI=1S/C21H25N3O6S3/c1-2-30-21(27)23-19(26)17-14-7-3-8-15(14)32-20(17)22-18(25)13-6-4-10-24(12-13)33(28,29)16-9-5-11-31-16/h5,9,11,13H,2-4,6-8,10,12H2,1H3,(H,22,25)(H,23,26,27). The number of carbonyl (C=O) groups is 3. The maximum Gasteiger partial charge on any atom is 0.414 e. The third-order valence-electron chi connectivity index (χ3n) is 5.72. The predicted molar refractivity (Wildman–Crippen MR) is 125 cm³/mol. The predicted octanol–water partition coefficient (Wildman–Crippen LogP) is 3.22. The number of rotatable bonds is 6. The number of piperidine rings is 1. The van der Waals surface area contributed by atoms with Crippen molar-refractivity contribution in [2.45, 2.75) is 43.2 Å². The van der Waals surface area contributed by atoms with Crippen LogP contribution in [0.3, 0.4) is 0 Å². The molecule has 1 aliphatic carbocycles. The Morgan fingerprint density at radius 1 is 1.24 bits per heavy atom. The molecule has 2 aliphatic rings. The van der Waals surface area contributed by atoms with Crippen LogP contribution in [0.4, 0.5) is 9.80 Å². The van der Waals surface area contributed by atoms with E-state index in [4.69, 9.17) is 4.74 Å². The molecule has 9 nitrogen and oxygen atoms in total. The van der Waals surface area contributed by atoms with E-state index < -0.39 is 27.9 Å². The lowest BCUT2D eigenvalue weighted by atomic mass is 9.99. The molecule has 3 heterocycles. The molecule has 1 unspecified atom stereocenters. The highest BCUT2D eigenvalue weighted by Crippen LogP contribution is 2.39. The number of imide groups is 1. The summed E-state index contributed by atoms with van der Waals surface area (Å²) in [6, 6.07) is 3.25. The minimum atomic E-state index is -3.64. The molecule has 1 aliphatic heterocycles. The van der Waals surface area contributed by atoms with Gasteiger partial charge in [0, 0.05) is 18.0 Å². The molecule has 4 rings (SSSR count). The number of amides is 3. The van der Waals surface area contributed by atoms with E-state index in [0.717, 1.165) is 34.6 Å². The minimum Gasteiger partial charge on any atom is -0.450 e. The van der Waals surface area contributed by atoms with Crippen molar-refractivity contribution < 1.29 is 27.5 Å². The van der Waals surface area contributed by atoms with Gasteiger partial charge in [-0.3, -0.25) is 14.9 Å². The molecule has 12 heteroatoms. The third-order valence-corrected chi connectivity index (χ3v) is 10.2. The highest BCUT2D eigenvalue weighted by molar-refractivity contribution is 7.91. The topological polar surface area (TPSA) is 122 Å². The Kier molecular flexibility index (Phi) is 7.17. The lowest BCUT2D eigenvalue weighted by molar-refractivity contribution is -0.120. The van der Waals surface area contributed by atoms with Gasteiger partial charge in [-0.1, -0.05) is 6.07 Å². The Morgan fingerprint density at radius 2 is 2.06 bits per heavy atom. The molecule has 2 aromatic rings. The molecule has 1 saturated heterocycles. The fraction of sp³-hybridized carbons (Fsp3) is 0.476. The molecule has 0 spiro atoms. The summed E-state index contributed by atoms with van der Waals surface area (Å²) in [7, 11) is -3.64. The van der Waals surface area contributed by atoms with E-state index in [9.17, 15) is 22.8 Å². The molecule has 3 amide bonds. The van der Waals surface area contributed by atoms with Crippen molar-refractivity contribution in [1.82, 2.24) is 9.62 Å². The molecular weight excluding hydrogens is 486 g/mol. The molecule has 0 radical (unpaired) electrons. The van der Waals surface area contributed by atoms with Gasteiger partial charge in [-0.15, -0.1) is 22.7 Å². The largest absolute Gasteiger partial charge is 0.450 e. The summed E-state index contributed by atoms with van der Waals surface area (Å²) < 4.78 is 32.2. The molecule has 2 aromatic heterocycles. The Bertz CT molecular complexity index is 1160. The van der Waals surface area contributed by atoms with Gasteiger partial charge in [0.2, 0.25) is 5.91 Å². The number of anilines is 1. The highest BCUT2D eigenvalue weighted by Gasteiger charge is 2.35. The van der Waals surface area contributed by atoms with Crippen LogP contribution in [0.5, 0.6) is 0 Å². The molecule has 1 atom stereocenters. The van der Waals surface area contributed by atoms with E-state index in [1.165, 1.54) is 15.6 Å². The molecule has 0 aromatic carbocycles. The van der Waals surface area contributed by atoms with E-state index >= 15 is 0 Å². The molecular formula is C21H25N3O6S3. The van der Waals surface area contributed by atoms with Crippen LogP contribution < -0.4 is 10.6 Å². The van der Waals surface area contributed by atoms with E-state index in [0.29, 0.717) is 36.4 Å². The van der Waals surface area contributed by atoms with Crippen LogP contribution in [-0.2, 0) is 32.4 Å². The minimum absolute atomic E-state index is 0.0848. The van der Waals surface area contributed by atoms with Crippen molar-refractivity contribution in [2.75, 3.05) is 25.0 Å². The zero-order valence-corrected chi connectivity index (χ0v) is 20.5. The fourth-order valence-corrected chi connectivity index (χ4v) is 8.14. The quantitative estimate of drug-likeness (QED) is 0.614. The zero-order chi connectivity index (χ0) is 23.6. The first kappa shape index (κ1) is 23.9. The van der Waals surface area contributed by atoms with Crippen molar-refractivity contribution in [3.8, 4) is 0 Å². The summed E-state index contributed by atoms with van der Waals surface area (Å²) in [6.45, 7) is 2.23. The van der Waals surface area contributed by atoms with Gasteiger partial charge in [0.1, 0.15) is 9.21 Å². The van der Waals surface area contributed by atoms with E-state index in [1.54, 1.807) is 24.4 Å². The smallest absolute Gasteiger partial charge is 0.414 e. The second-order valence-corrected chi connectivity index (χ2v) is 12.1. The number of carbonyl (C=O) groups excluding carboxylic acids is 3. The monoisotopic (exact) mass is 511 g/mol. The van der Waals surface area contributed by atoms with Crippen LogP contribution in [-0.4, -0.2) is 50.3 Å². The number of alkyl carbamates (subject to hydrolysis) is 1. The molecule has 0 bridgehead atoms. The number of thiophene rings is 2. The highest BCUT2D eigenvalue weighted by atomic mass is 32.2. The second-order valence-electron chi connectivity index (χ2n) is 7.86. The second kappa shape index (κ2) is 9.92. The summed E-state index contributed by atoms with van der Waals surface area (Å²) >= 11 is 2.49. The Balaban J connectivity index is 1.50. The van der Waals surface area contributed by atoms with Crippen molar-refractivity contribution in [3.05, 3.63) is 33.5 Å². The summed E-state index contributed by atoms with van der Waals surface area (Å²) in [5.74, 6) is -1.47. The molecule has 2 N–H and O–H groups in total. The number of sulfonamides is 1. The van der Waals surface area contributed by atoms with Gasteiger partial charge in [0.25, 0.3) is 15.9 Å². The number of hydrogen-bond acceptors (Lipinski definition) is 8. The van der Waals surface area contributed by atoms with Crippen LogP contribution in [0.1, 0.15) is 47.0 Å². The maximum atomic E-state index is 13.1. The van der Waals surface area contributed by atoms with Crippen LogP contribution in [0.25, 0.3) is 0 Å². The molecule has 178 valence electrons. The first-order valence-electron chi connectivity index (χ1n) is 10.8. The van der Waals surface area contributed by atoms with Gasteiger partial charge in [-0.25, -0.2) is 13.2 Å². The zero-order valence-electron chi connectivity index (χ0n) is 18.1. The lowest BCUT2D eigenvalue weighted by Crippen LogP contribution is -2.43. The Labute approximate surface area is 200 Å². The number of ether oxygens (including phenoxy) is 1. The van der Waals surface area contributed by atoms with Crippen molar-refractivity contribution >= 4 is 55.6 Å². The first-order valence-corrected chi connectivity index (χ1v) is 13.9. The first-order chi connectivity index (χ1) is 15.8. The van der Waals surface area contributed by atoms with E-state index in [2.05, 4.69) is 10.6 Å². The van der Waals surface area contributed by atoms with Gasteiger partial charge in [-0.05, 0) is 56.0 Å². The number of fused-ring (bicyclic) bond motifs is 1. The SMILES string of the molecule is CCOC(=O)NC(=O)c1c(NC(=O)C2CCCN(S(=O)(=O)c3cccs3)C2)sc2c1CCC2. The molecule has 33 heavy (non-hydrogen) atoms. The summed E-state index contributed by atoms with van der Waals surface area (Å²) in [4.78, 5) is 38.7. The fourth-order valence-electron chi connectivity index (χ4n) is 4.18. The number of nitrogens with one attached hydrogen (secondary N) is 2. The summed E-state index contributed by atoms with van der Waals surface area (Å²) in [6.07, 6.45) is 2.71. The van der Waals surface area contributed by atoms with Gasteiger partial charge in [0.15, 0.2) is 0 Å². The van der Waals surface area contributed by atoms with Crippen LogP contribution in [0.2, 0.25) is 0 Å². The van der Waals surface area contributed by atoms with Gasteiger partial charge < -0.3 is 10.1 Å². The maximum absolute atomic E-state index is 13.1. The van der Waals surface area contributed by atoms with E-state index in [-0.39, 0.29) is 23.3 Å². The van der Waals surface area contributed by atoms with Crippen LogP contribution in [0, 0.1) is 5.92 Å². The van der Waals surface area contributed by atoms with Gasteiger partial charge in [0.05, 0.1) is 18.1 Å².